The predicted octanol–water partition coefficient (Wildman–Crippen LogP) is 4.42. The van der Waals surface area contributed by atoms with Crippen molar-refractivity contribution in [1.29, 1.82) is 0 Å². The van der Waals surface area contributed by atoms with E-state index in [0.29, 0.717) is 30.0 Å². The summed E-state index contributed by atoms with van der Waals surface area (Å²) in [4.78, 5) is 26.4. The third kappa shape index (κ3) is 4.39. The minimum Gasteiger partial charge on any atom is -0.495 e. The first kappa shape index (κ1) is 18.8. The molecule has 3 amide bonds. The van der Waals surface area contributed by atoms with Crippen LogP contribution in [0.25, 0.3) is 0 Å². The Balaban J connectivity index is 1.71. The maximum atomic E-state index is 12.3. The Morgan fingerprint density at radius 2 is 1.96 bits per heavy atom. The highest BCUT2D eigenvalue weighted by Crippen LogP contribution is 2.31. The number of carbonyl (C=O) groups is 2. The van der Waals surface area contributed by atoms with Crippen molar-refractivity contribution in [2.24, 2.45) is 0 Å². The van der Waals surface area contributed by atoms with Crippen molar-refractivity contribution >= 4 is 29.0 Å². The number of para-hydroxylation sites is 2. The average molecular weight is 367 g/mol. The number of carbonyl (C=O) groups excluding carboxylic acids is 2. The molecule has 27 heavy (non-hydrogen) atoms. The van der Waals surface area contributed by atoms with E-state index in [2.05, 4.69) is 17.6 Å². The van der Waals surface area contributed by atoms with E-state index in [-0.39, 0.29) is 11.9 Å². The number of nitrogens with zero attached hydrogens (tertiary/aromatic N) is 1. The zero-order chi connectivity index (χ0) is 19.2. The van der Waals surface area contributed by atoms with Gasteiger partial charge in [0, 0.05) is 24.3 Å². The number of amides is 3. The minimum atomic E-state index is -0.339. The van der Waals surface area contributed by atoms with Crippen molar-refractivity contribution in [3.63, 3.8) is 0 Å². The van der Waals surface area contributed by atoms with Gasteiger partial charge >= 0.3 is 6.03 Å². The number of benzene rings is 2. The van der Waals surface area contributed by atoms with E-state index in [0.717, 1.165) is 30.6 Å². The molecule has 0 unspecified atom stereocenters. The monoisotopic (exact) mass is 367 g/mol. The molecule has 142 valence electrons. The van der Waals surface area contributed by atoms with E-state index in [9.17, 15) is 9.59 Å². The summed E-state index contributed by atoms with van der Waals surface area (Å²) in [5, 5.41) is 5.65. The van der Waals surface area contributed by atoms with Gasteiger partial charge in [0.1, 0.15) is 5.75 Å². The van der Waals surface area contributed by atoms with Gasteiger partial charge < -0.3 is 20.3 Å². The molecule has 0 saturated heterocycles. The highest BCUT2D eigenvalue weighted by molar-refractivity contribution is 6.01. The van der Waals surface area contributed by atoms with Crippen molar-refractivity contribution in [1.82, 2.24) is 0 Å². The van der Waals surface area contributed by atoms with Gasteiger partial charge in [0.15, 0.2) is 0 Å². The van der Waals surface area contributed by atoms with E-state index in [4.69, 9.17) is 4.74 Å². The molecule has 2 N–H and O–H groups in total. The topological polar surface area (TPSA) is 70.7 Å². The standard InChI is InChI=1S/C21H25N3O3/c1-3-4-13-24-18-11-10-16(14-15(18)9-12-20(24)25)22-21(26)23-17-7-5-6-8-19(17)27-2/h5-8,10-11,14H,3-4,9,12-13H2,1-2H3,(H2,22,23,26). The van der Waals surface area contributed by atoms with Crippen LogP contribution in [0.5, 0.6) is 5.75 Å². The smallest absolute Gasteiger partial charge is 0.323 e. The van der Waals surface area contributed by atoms with Crippen LogP contribution in [0.1, 0.15) is 31.7 Å². The van der Waals surface area contributed by atoms with Crippen molar-refractivity contribution in [3.8, 4) is 5.75 Å². The van der Waals surface area contributed by atoms with E-state index in [1.54, 1.807) is 19.2 Å². The predicted molar refractivity (Wildman–Crippen MR) is 108 cm³/mol. The van der Waals surface area contributed by atoms with Crippen LogP contribution in [-0.2, 0) is 11.2 Å². The molecule has 0 aromatic heterocycles. The summed E-state index contributed by atoms with van der Waals surface area (Å²) in [6.45, 7) is 2.85. The number of methoxy groups -OCH3 is 1. The van der Waals surface area contributed by atoms with Gasteiger partial charge in [0.25, 0.3) is 0 Å². The Hall–Kier alpha value is -3.02. The number of hydrogen-bond acceptors (Lipinski definition) is 3. The van der Waals surface area contributed by atoms with Crippen LogP contribution in [0.15, 0.2) is 42.5 Å². The largest absolute Gasteiger partial charge is 0.495 e. The number of unbranched alkanes of at least 4 members (excludes halogenated alkanes) is 1. The van der Waals surface area contributed by atoms with E-state index in [1.807, 2.05) is 35.2 Å². The average Bonchev–Trinajstić information content (AvgIpc) is 2.67. The minimum absolute atomic E-state index is 0.172. The summed E-state index contributed by atoms with van der Waals surface area (Å²) in [5.74, 6) is 0.772. The molecule has 6 heteroatoms. The van der Waals surface area contributed by atoms with Gasteiger partial charge in [-0.3, -0.25) is 4.79 Å². The SMILES string of the molecule is CCCCN1C(=O)CCc2cc(NC(=O)Nc3ccccc3OC)ccc21. The maximum Gasteiger partial charge on any atom is 0.323 e. The van der Waals surface area contributed by atoms with Crippen LogP contribution >= 0.6 is 0 Å². The van der Waals surface area contributed by atoms with Crippen LogP contribution in [0.4, 0.5) is 21.9 Å². The molecule has 1 aliphatic rings. The fraction of sp³-hybridized carbons (Fsp3) is 0.333. The van der Waals surface area contributed by atoms with Crippen LogP contribution < -0.4 is 20.3 Å². The molecule has 3 rings (SSSR count). The molecule has 0 fully saturated rings. The number of fused-ring (bicyclic) bond motifs is 1. The fourth-order valence-electron chi connectivity index (χ4n) is 3.23. The zero-order valence-electron chi connectivity index (χ0n) is 15.7. The number of aryl methyl sites for hydroxylation is 1. The third-order valence-corrected chi connectivity index (χ3v) is 4.63. The summed E-state index contributed by atoms with van der Waals surface area (Å²) >= 11 is 0. The van der Waals surface area contributed by atoms with Crippen molar-refractivity contribution in [3.05, 3.63) is 48.0 Å². The van der Waals surface area contributed by atoms with Crippen molar-refractivity contribution in [2.45, 2.75) is 32.6 Å². The van der Waals surface area contributed by atoms with Crippen LogP contribution in [0.2, 0.25) is 0 Å². The molecule has 6 nitrogen and oxygen atoms in total. The molecular formula is C21H25N3O3. The van der Waals surface area contributed by atoms with Crippen LogP contribution in [0.3, 0.4) is 0 Å². The molecule has 1 aliphatic heterocycles. The van der Waals surface area contributed by atoms with Gasteiger partial charge in [-0.1, -0.05) is 25.5 Å². The first-order valence-corrected chi connectivity index (χ1v) is 9.26. The van der Waals surface area contributed by atoms with Gasteiger partial charge in [-0.15, -0.1) is 0 Å². The van der Waals surface area contributed by atoms with Gasteiger partial charge in [-0.25, -0.2) is 4.79 Å². The summed E-state index contributed by atoms with van der Waals surface area (Å²) in [6.07, 6.45) is 3.22. The number of rotatable bonds is 6. The fourth-order valence-corrected chi connectivity index (χ4v) is 3.23. The van der Waals surface area contributed by atoms with E-state index >= 15 is 0 Å². The van der Waals surface area contributed by atoms with Gasteiger partial charge in [-0.2, -0.15) is 0 Å². The third-order valence-electron chi connectivity index (χ3n) is 4.63. The second kappa shape index (κ2) is 8.58. The number of ether oxygens (including phenoxy) is 1. The summed E-state index contributed by atoms with van der Waals surface area (Å²) in [7, 11) is 1.56. The summed E-state index contributed by atoms with van der Waals surface area (Å²) in [5.41, 5.74) is 3.34. The molecule has 0 aliphatic carbocycles. The number of urea groups is 1. The second-order valence-electron chi connectivity index (χ2n) is 6.52. The molecule has 1 heterocycles. The first-order chi connectivity index (χ1) is 13.1. The van der Waals surface area contributed by atoms with Gasteiger partial charge in [0.2, 0.25) is 5.91 Å². The Morgan fingerprint density at radius 1 is 1.15 bits per heavy atom. The molecule has 0 spiro atoms. The second-order valence-corrected chi connectivity index (χ2v) is 6.52. The quantitative estimate of drug-likeness (QED) is 0.794. The Kier molecular flexibility index (Phi) is 5.96. The van der Waals surface area contributed by atoms with E-state index < -0.39 is 0 Å². The highest BCUT2D eigenvalue weighted by atomic mass is 16.5. The van der Waals surface area contributed by atoms with Crippen LogP contribution in [0, 0.1) is 0 Å². The number of nitrogens with one attached hydrogen (secondary N) is 2. The molecule has 2 aromatic carbocycles. The number of hydrogen-bond donors (Lipinski definition) is 2. The molecular weight excluding hydrogens is 342 g/mol. The zero-order valence-corrected chi connectivity index (χ0v) is 15.7. The van der Waals surface area contributed by atoms with Crippen molar-refractivity contribution in [2.75, 3.05) is 29.2 Å². The molecule has 0 atom stereocenters. The van der Waals surface area contributed by atoms with Gasteiger partial charge in [-0.05, 0) is 48.7 Å². The summed E-state index contributed by atoms with van der Waals surface area (Å²) < 4.78 is 5.24. The summed E-state index contributed by atoms with van der Waals surface area (Å²) in [6, 6.07) is 12.6. The van der Waals surface area contributed by atoms with Gasteiger partial charge in [0.05, 0.1) is 12.8 Å². The first-order valence-electron chi connectivity index (χ1n) is 9.26. The maximum absolute atomic E-state index is 12.3. The lowest BCUT2D eigenvalue weighted by Crippen LogP contribution is -2.35. The molecule has 0 saturated carbocycles. The Labute approximate surface area is 159 Å². The Morgan fingerprint density at radius 3 is 2.74 bits per heavy atom. The molecule has 2 aromatic rings. The lowest BCUT2D eigenvalue weighted by atomic mass is 10.00. The van der Waals surface area contributed by atoms with E-state index in [1.165, 1.54) is 0 Å². The lowest BCUT2D eigenvalue weighted by molar-refractivity contribution is -0.118. The number of anilines is 3. The lowest BCUT2D eigenvalue weighted by Gasteiger charge is -2.29. The molecule has 0 radical (unpaired) electrons. The van der Waals surface area contributed by atoms with Crippen LogP contribution in [-0.4, -0.2) is 25.6 Å². The van der Waals surface area contributed by atoms with Crippen molar-refractivity contribution < 1.29 is 14.3 Å². The molecule has 0 bridgehead atoms. The normalized spacial score (nSPS) is 13.1. The Bertz CT molecular complexity index is 835. The highest BCUT2D eigenvalue weighted by Gasteiger charge is 2.23.